The van der Waals surface area contributed by atoms with Crippen molar-refractivity contribution in [2.24, 2.45) is 0 Å². The third-order valence-electron chi connectivity index (χ3n) is 3.86. The first kappa shape index (κ1) is 14.5. The maximum absolute atomic E-state index is 12.4. The Kier molecular flexibility index (Phi) is 4.34. The number of benzene rings is 1. The fraction of sp³-hybridized carbons (Fsp3) is 0.500. The number of nitrogens with one attached hydrogen (secondary N) is 1. The van der Waals surface area contributed by atoms with E-state index in [1.54, 1.807) is 19.1 Å². The van der Waals surface area contributed by atoms with Crippen molar-refractivity contribution >= 4 is 11.6 Å². The molecule has 1 amide bonds. The van der Waals surface area contributed by atoms with Gasteiger partial charge in [-0.05, 0) is 26.0 Å². The van der Waals surface area contributed by atoms with Crippen LogP contribution in [0.15, 0.2) is 24.3 Å². The number of nitro groups is 1. The summed E-state index contributed by atoms with van der Waals surface area (Å²) in [6.07, 6.45) is 0.948. The standard InChI is InChI=1S/C14H19N3O3/c1-10(11-4-3-5-13(8-11)17(19)20)14(18)16-7-6-12(9-16)15-2/h3-5,8,10,12,15H,6-7,9H2,1-2H3. The van der Waals surface area contributed by atoms with Crippen molar-refractivity contribution in [3.8, 4) is 0 Å². The van der Waals surface area contributed by atoms with Crippen molar-refractivity contribution < 1.29 is 9.72 Å². The first-order valence-electron chi connectivity index (χ1n) is 6.73. The van der Waals surface area contributed by atoms with E-state index < -0.39 is 4.92 Å². The van der Waals surface area contributed by atoms with Gasteiger partial charge in [0.1, 0.15) is 0 Å². The number of carbonyl (C=O) groups excluding carboxylic acids is 1. The molecule has 0 radical (unpaired) electrons. The molecule has 2 atom stereocenters. The topological polar surface area (TPSA) is 75.5 Å². The molecular formula is C14H19N3O3. The maximum atomic E-state index is 12.4. The van der Waals surface area contributed by atoms with E-state index in [9.17, 15) is 14.9 Å². The zero-order chi connectivity index (χ0) is 14.7. The van der Waals surface area contributed by atoms with Crippen molar-refractivity contribution in [2.75, 3.05) is 20.1 Å². The Morgan fingerprint density at radius 3 is 2.90 bits per heavy atom. The van der Waals surface area contributed by atoms with E-state index in [-0.39, 0.29) is 17.5 Å². The van der Waals surface area contributed by atoms with Crippen molar-refractivity contribution in [3.05, 3.63) is 39.9 Å². The number of nitro benzene ring substituents is 1. The Morgan fingerprint density at radius 2 is 2.30 bits per heavy atom. The lowest BCUT2D eigenvalue weighted by molar-refractivity contribution is -0.384. The summed E-state index contributed by atoms with van der Waals surface area (Å²) in [6.45, 7) is 3.24. The maximum Gasteiger partial charge on any atom is 0.269 e. The summed E-state index contributed by atoms with van der Waals surface area (Å²) in [4.78, 5) is 24.6. The Bertz CT molecular complexity index is 518. The molecule has 0 spiro atoms. The van der Waals surface area contributed by atoms with Crippen LogP contribution in [0, 0.1) is 10.1 Å². The van der Waals surface area contributed by atoms with Crippen molar-refractivity contribution in [3.63, 3.8) is 0 Å². The van der Waals surface area contributed by atoms with Gasteiger partial charge in [0.15, 0.2) is 0 Å². The molecular weight excluding hydrogens is 258 g/mol. The minimum atomic E-state index is -0.437. The molecule has 1 aromatic rings. The molecule has 1 aliphatic heterocycles. The summed E-state index contributed by atoms with van der Waals surface area (Å²) in [5.74, 6) is -0.325. The second kappa shape index (κ2) is 6.00. The highest BCUT2D eigenvalue weighted by atomic mass is 16.6. The van der Waals surface area contributed by atoms with Gasteiger partial charge >= 0.3 is 0 Å². The molecule has 108 valence electrons. The molecule has 1 aromatic carbocycles. The quantitative estimate of drug-likeness (QED) is 0.668. The summed E-state index contributed by atoms with van der Waals surface area (Å²) in [5, 5.41) is 14.0. The van der Waals surface area contributed by atoms with Crippen LogP contribution in [0.5, 0.6) is 0 Å². The van der Waals surface area contributed by atoms with Crippen molar-refractivity contribution in [1.29, 1.82) is 0 Å². The van der Waals surface area contributed by atoms with Crippen LogP contribution < -0.4 is 5.32 Å². The van der Waals surface area contributed by atoms with Gasteiger partial charge in [-0.2, -0.15) is 0 Å². The Morgan fingerprint density at radius 1 is 1.55 bits per heavy atom. The largest absolute Gasteiger partial charge is 0.341 e. The van der Waals surface area contributed by atoms with Gasteiger partial charge in [-0.15, -0.1) is 0 Å². The fourth-order valence-electron chi connectivity index (χ4n) is 2.52. The summed E-state index contributed by atoms with van der Waals surface area (Å²) >= 11 is 0. The summed E-state index contributed by atoms with van der Waals surface area (Å²) < 4.78 is 0. The minimum Gasteiger partial charge on any atom is -0.341 e. The number of nitrogens with zero attached hydrogens (tertiary/aromatic N) is 2. The lowest BCUT2D eigenvalue weighted by atomic mass is 9.99. The Balaban J connectivity index is 2.11. The van der Waals surface area contributed by atoms with E-state index >= 15 is 0 Å². The van der Waals surface area contributed by atoms with Gasteiger partial charge in [-0.25, -0.2) is 0 Å². The summed E-state index contributed by atoms with van der Waals surface area (Å²) in [5.41, 5.74) is 0.716. The highest BCUT2D eigenvalue weighted by Gasteiger charge is 2.29. The highest BCUT2D eigenvalue weighted by molar-refractivity contribution is 5.83. The smallest absolute Gasteiger partial charge is 0.269 e. The molecule has 0 bridgehead atoms. The van der Waals surface area contributed by atoms with Crippen LogP contribution in [0.3, 0.4) is 0 Å². The van der Waals surface area contributed by atoms with Crippen LogP contribution in [-0.2, 0) is 4.79 Å². The number of rotatable bonds is 4. The fourth-order valence-corrected chi connectivity index (χ4v) is 2.52. The van der Waals surface area contributed by atoms with E-state index in [2.05, 4.69) is 5.32 Å². The monoisotopic (exact) mass is 277 g/mol. The summed E-state index contributed by atoms with van der Waals surface area (Å²) in [6, 6.07) is 6.65. The number of non-ortho nitro benzene ring substituents is 1. The predicted molar refractivity (Wildman–Crippen MR) is 75.6 cm³/mol. The average molecular weight is 277 g/mol. The molecule has 20 heavy (non-hydrogen) atoms. The molecule has 0 aliphatic carbocycles. The van der Waals surface area contributed by atoms with E-state index in [1.807, 2.05) is 11.9 Å². The normalized spacial score (nSPS) is 19.9. The average Bonchev–Trinajstić information content (AvgIpc) is 2.94. The zero-order valence-corrected chi connectivity index (χ0v) is 11.7. The van der Waals surface area contributed by atoms with Gasteiger partial charge in [0.2, 0.25) is 5.91 Å². The van der Waals surface area contributed by atoms with Gasteiger partial charge in [0, 0.05) is 31.3 Å². The van der Waals surface area contributed by atoms with Gasteiger partial charge < -0.3 is 10.2 Å². The molecule has 0 saturated carbocycles. The third kappa shape index (κ3) is 2.96. The lowest BCUT2D eigenvalue weighted by Gasteiger charge is -2.21. The van der Waals surface area contributed by atoms with Crippen molar-refractivity contribution in [1.82, 2.24) is 10.2 Å². The molecule has 1 saturated heterocycles. The number of carbonyl (C=O) groups is 1. The first-order valence-corrected chi connectivity index (χ1v) is 6.73. The molecule has 1 aliphatic rings. The van der Waals surface area contributed by atoms with Crippen LogP contribution in [0.1, 0.15) is 24.8 Å². The van der Waals surface area contributed by atoms with Gasteiger partial charge in [-0.1, -0.05) is 12.1 Å². The molecule has 2 unspecified atom stereocenters. The van der Waals surface area contributed by atoms with Gasteiger partial charge in [-0.3, -0.25) is 14.9 Å². The molecule has 0 aromatic heterocycles. The Hall–Kier alpha value is -1.95. The van der Waals surface area contributed by atoms with Gasteiger partial charge in [0.25, 0.3) is 5.69 Å². The molecule has 6 nitrogen and oxygen atoms in total. The van der Waals surface area contributed by atoms with Crippen molar-refractivity contribution in [2.45, 2.75) is 25.3 Å². The molecule has 6 heteroatoms. The zero-order valence-electron chi connectivity index (χ0n) is 11.7. The Labute approximate surface area is 117 Å². The van der Waals surface area contributed by atoms with Crippen LogP contribution in [0.2, 0.25) is 0 Å². The third-order valence-corrected chi connectivity index (χ3v) is 3.86. The van der Waals surface area contributed by atoms with E-state index in [1.165, 1.54) is 12.1 Å². The van der Waals surface area contributed by atoms with Crippen LogP contribution >= 0.6 is 0 Å². The SMILES string of the molecule is CNC1CCN(C(=O)C(C)c2cccc([N+](=O)[O-])c2)C1. The van der Waals surface area contributed by atoms with E-state index in [4.69, 9.17) is 0 Å². The number of hydrogen-bond donors (Lipinski definition) is 1. The second-order valence-corrected chi connectivity index (χ2v) is 5.13. The molecule has 2 rings (SSSR count). The highest BCUT2D eigenvalue weighted by Crippen LogP contribution is 2.24. The van der Waals surface area contributed by atoms with Crippen LogP contribution in [0.25, 0.3) is 0 Å². The lowest BCUT2D eigenvalue weighted by Crippen LogP contribution is -2.35. The molecule has 1 N–H and O–H groups in total. The van der Waals surface area contributed by atoms with Crippen LogP contribution in [0.4, 0.5) is 5.69 Å². The van der Waals surface area contributed by atoms with Crippen LogP contribution in [-0.4, -0.2) is 41.9 Å². The van der Waals surface area contributed by atoms with E-state index in [0.29, 0.717) is 18.2 Å². The number of likely N-dealkylation sites (N-methyl/N-ethyl adjacent to an activating group) is 1. The number of likely N-dealkylation sites (tertiary alicyclic amines) is 1. The molecule has 1 fully saturated rings. The predicted octanol–water partition coefficient (Wildman–Crippen LogP) is 1.52. The first-order chi connectivity index (χ1) is 9.52. The van der Waals surface area contributed by atoms with E-state index in [0.717, 1.165) is 13.0 Å². The molecule has 1 heterocycles. The summed E-state index contributed by atoms with van der Waals surface area (Å²) in [7, 11) is 1.89. The number of amides is 1. The number of hydrogen-bond acceptors (Lipinski definition) is 4. The van der Waals surface area contributed by atoms with Gasteiger partial charge in [0.05, 0.1) is 10.8 Å². The second-order valence-electron chi connectivity index (χ2n) is 5.13. The minimum absolute atomic E-state index is 0.0247.